The molecule has 2 heterocycles. The van der Waals surface area contributed by atoms with Gasteiger partial charge in [0.1, 0.15) is 11.6 Å². The lowest BCUT2D eigenvalue weighted by molar-refractivity contribution is 0.0938. The number of fused-ring (bicyclic) bond motifs is 1. The number of carbonyl (C=O) groups excluding carboxylic acids is 2. The lowest BCUT2D eigenvalue weighted by Gasteiger charge is -2.15. The first-order valence-corrected chi connectivity index (χ1v) is 11.5. The number of nitrogens with zero attached hydrogens (tertiary/aromatic N) is 4. The summed E-state index contributed by atoms with van der Waals surface area (Å²) in [6.45, 7) is 5.84. The number of methoxy groups -OCH3 is 1. The minimum absolute atomic E-state index is 0.242. The fraction of sp³-hybridized carbons (Fsp3) is 0.308. The normalized spacial score (nSPS) is 11.9. The smallest absolute Gasteiger partial charge is 0.259 e. The van der Waals surface area contributed by atoms with Crippen molar-refractivity contribution in [3.8, 4) is 5.75 Å². The van der Waals surface area contributed by atoms with Gasteiger partial charge < -0.3 is 19.9 Å². The Balaban J connectivity index is 1.72. The Bertz CT molecular complexity index is 1420. The third-order valence-corrected chi connectivity index (χ3v) is 6.11. The zero-order valence-electron chi connectivity index (χ0n) is 20.8. The first-order chi connectivity index (χ1) is 16.7. The largest absolute Gasteiger partial charge is 0.496 e. The zero-order chi connectivity index (χ0) is 25.3. The molecule has 2 aromatic carbocycles. The summed E-state index contributed by atoms with van der Waals surface area (Å²) in [5, 5.41) is 10.4. The first kappa shape index (κ1) is 24.0. The minimum Gasteiger partial charge on any atom is -0.496 e. The molecule has 0 aliphatic heterocycles. The van der Waals surface area contributed by atoms with Crippen LogP contribution in [0.15, 0.2) is 42.6 Å². The average Bonchev–Trinajstić information content (AvgIpc) is 3.36. The van der Waals surface area contributed by atoms with Crippen molar-refractivity contribution in [3.05, 3.63) is 70.8 Å². The van der Waals surface area contributed by atoms with Crippen LogP contribution in [0.1, 0.15) is 57.7 Å². The Morgan fingerprint density at radius 3 is 2.54 bits per heavy atom. The SMILES string of the molecule is CCc1nc2cc(C(=O)N[C@H](C)c3cn(C)nc3C)cc(NC(=O)c3ccccc3OC)c2n1C. The lowest BCUT2D eigenvalue weighted by atomic mass is 10.1. The van der Waals surface area contributed by atoms with E-state index in [0.717, 1.165) is 22.6 Å². The van der Waals surface area contributed by atoms with E-state index < -0.39 is 0 Å². The number of anilines is 1. The molecule has 0 fully saturated rings. The maximum atomic E-state index is 13.3. The summed E-state index contributed by atoms with van der Waals surface area (Å²) in [4.78, 5) is 31.1. The molecule has 182 valence electrons. The van der Waals surface area contributed by atoms with Crippen LogP contribution in [0.2, 0.25) is 0 Å². The average molecular weight is 475 g/mol. The summed E-state index contributed by atoms with van der Waals surface area (Å²) >= 11 is 0. The van der Waals surface area contributed by atoms with E-state index >= 15 is 0 Å². The molecule has 0 spiro atoms. The minimum atomic E-state index is -0.333. The molecule has 0 saturated heterocycles. The molecule has 2 N–H and O–H groups in total. The van der Waals surface area contributed by atoms with Crippen molar-refractivity contribution >= 4 is 28.5 Å². The Hall–Kier alpha value is -4.14. The second-order valence-corrected chi connectivity index (χ2v) is 8.53. The van der Waals surface area contributed by atoms with E-state index in [0.29, 0.717) is 34.5 Å². The van der Waals surface area contributed by atoms with E-state index in [2.05, 4.69) is 15.7 Å². The highest BCUT2D eigenvalue weighted by atomic mass is 16.5. The maximum absolute atomic E-state index is 13.3. The third kappa shape index (κ3) is 4.62. The van der Waals surface area contributed by atoms with Crippen molar-refractivity contribution in [2.24, 2.45) is 14.1 Å². The predicted octanol–water partition coefficient (Wildman–Crippen LogP) is 3.93. The Morgan fingerprint density at radius 2 is 1.89 bits per heavy atom. The quantitative estimate of drug-likeness (QED) is 0.422. The van der Waals surface area contributed by atoms with E-state index in [1.54, 1.807) is 41.1 Å². The van der Waals surface area contributed by atoms with Gasteiger partial charge in [-0.1, -0.05) is 19.1 Å². The van der Waals surface area contributed by atoms with Crippen LogP contribution in [0.25, 0.3) is 11.0 Å². The lowest BCUT2D eigenvalue weighted by Crippen LogP contribution is -2.27. The molecule has 9 nitrogen and oxygen atoms in total. The molecule has 0 unspecified atom stereocenters. The molecular formula is C26H30N6O3. The Labute approximate surface area is 204 Å². The van der Waals surface area contributed by atoms with Crippen LogP contribution >= 0.6 is 0 Å². The molecule has 0 saturated carbocycles. The predicted molar refractivity (Wildman–Crippen MR) is 135 cm³/mol. The molecule has 2 aromatic heterocycles. The zero-order valence-corrected chi connectivity index (χ0v) is 20.8. The summed E-state index contributed by atoms with van der Waals surface area (Å²) in [5.74, 6) is 0.721. The van der Waals surface area contributed by atoms with E-state index in [9.17, 15) is 9.59 Å². The highest BCUT2D eigenvalue weighted by molar-refractivity contribution is 6.11. The van der Waals surface area contributed by atoms with Crippen molar-refractivity contribution in [2.45, 2.75) is 33.2 Å². The van der Waals surface area contributed by atoms with E-state index in [1.807, 2.05) is 45.6 Å². The number of benzene rings is 2. The Kier molecular flexibility index (Phi) is 6.59. The van der Waals surface area contributed by atoms with Gasteiger partial charge in [-0.3, -0.25) is 14.3 Å². The van der Waals surface area contributed by atoms with Gasteiger partial charge in [-0.25, -0.2) is 4.98 Å². The molecule has 35 heavy (non-hydrogen) atoms. The third-order valence-electron chi connectivity index (χ3n) is 6.11. The summed E-state index contributed by atoms with van der Waals surface area (Å²) in [6, 6.07) is 10.2. The number of ether oxygens (including phenoxy) is 1. The number of nitrogens with one attached hydrogen (secondary N) is 2. The van der Waals surface area contributed by atoms with Crippen molar-refractivity contribution in [1.82, 2.24) is 24.6 Å². The fourth-order valence-corrected chi connectivity index (χ4v) is 4.37. The van der Waals surface area contributed by atoms with Crippen molar-refractivity contribution in [3.63, 3.8) is 0 Å². The van der Waals surface area contributed by atoms with E-state index in [-0.39, 0.29) is 17.9 Å². The van der Waals surface area contributed by atoms with Crippen molar-refractivity contribution in [1.29, 1.82) is 0 Å². The van der Waals surface area contributed by atoms with Crippen LogP contribution in [0.4, 0.5) is 5.69 Å². The van der Waals surface area contributed by atoms with Gasteiger partial charge in [-0.15, -0.1) is 0 Å². The van der Waals surface area contributed by atoms with Crippen LogP contribution < -0.4 is 15.4 Å². The molecule has 1 atom stereocenters. The summed E-state index contributed by atoms with van der Waals surface area (Å²) < 4.78 is 9.01. The highest BCUT2D eigenvalue weighted by Crippen LogP contribution is 2.29. The molecule has 9 heteroatoms. The number of hydrogen-bond acceptors (Lipinski definition) is 5. The number of rotatable bonds is 7. The standard InChI is InChI=1S/C26H30N6O3/c1-7-23-28-20-12-17(25(33)27-15(2)19-14-31(4)30-16(19)3)13-21(24(20)32(23)5)29-26(34)18-10-8-9-11-22(18)35-6/h8-15H,7H2,1-6H3,(H,27,33)(H,29,34)/t15-/m1/s1. The van der Waals surface area contributed by atoms with Gasteiger partial charge in [0.25, 0.3) is 11.8 Å². The molecule has 0 radical (unpaired) electrons. The number of para-hydroxylation sites is 1. The fourth-order valence-electron chi connectivity index (χ4n) is 4.37. The van der Waals surface area contributed by atoms with Gasteiger partial charge >= 0.3 is 0 Å². The van der Waals surface area contributed by atoms with Crippen LogP contribution in [0.5, 0.6) is 5.75 Å². The number of amides is 2. The number of carbonyl (C=O) groups is 2. The molecule has 4 aromatic rings. The number of aromatic nitrogens is 4. The molecule has 0 aliphatic rings. The number of imidazole rings is 1. The summed E-state index contributed by atoms with van der Waals surface area (Å²) in [7, 11) is 5.27. The van der Waals surface area contributed by atoms with Gasteiger partial charge in [-0.2, -0.15) is 5.10 Å². The van der Waals surface area contributed by atoms with Crippen LogP contribution in [0.3, 0.4) is 0 Å². The number of aryl methyl sites for hydroxylation is 4. The first-order valence-electron chi connectivity index (χ1n) is 11.5. The van der Waals surface area contributed by atoms with Crippen molar-refractivity contribution in [2.75, 3.05) is 12.4 Å². The molecule has 2 amide bonds. The van der Waals surface area contributed by atoms with Gasteiger partial charge in [0.15, 0.2) is 0 Å². The van der Waals surface area contributed by atoms with Gasteiger partial charge in [0, 0.05) is 37.8 Å². The summed E-state index contributed by atoms with van der Waals surface area (Å²) in [5.41, 5.74) is 4.49. The molecular weight excluding hydrogens is 444 g/mol. The molecule has 4 rings (SSSR count). The van der Waals surface area contributed by atoms with E-state index in [4.69, 9.17) is 9.72 Å². The molecule has 0 aliphatic carbocycles. The van der Waals surface area contributed by atoms with Crippen LogP contribution in [-0.4, -0.2) is 38.3 Å². The maximum Gasteiger partial charge on any atom is 0.259 e. The van der Waals surface area contributed by atoms with Gasteiger partial charge in [0.2, 0.25) is 0 Å². The second kappa shape index (κ2) is 9.61. The molecule has 0 bridgehead atoms. The monoisotopic (exact) mass is 474 g/mol. The second-order valence-electron chi connectivity index (χ2n) is 8.53. The van der Waals surface area contributed by atoms with E-state index in [1.165, 1.54) is 7.11 Å². The Morgan fingerprint density at radius 1 is 1.14 bits per heavy atom. The number of hydrogen-bond donors (Lipinski definition) is 2. The van der Waals surface area contributed by atoms with Gasteiger partial charge in [0.05, 0.1) is 41.1 Å². The van der Waals surface area contributed by atoms with Crippen LogP contribution in [-0.2, 0) is 20.5 Å². The van der Waals surface area contributed by atoms with Crippen LogP contribution in [0, 0.1) is 6.92 Å². The highest BCUT2D eigenvalue weighted by Gasteiger charge is 2.21. The van der Waals surface area contributed by atoms with Gasteiger partial charge in [-0.05, 0) is 38.1 Å². The summed E-state index contributed by atoms with van der Waals surface area (Å²) in [6.07, 6.45) is 2.61. The van der Waals surface area contributed by atoms with Crippen molar-refractivity contribution < 1.29 is 14.3 Å². The topological polar surface area (TPSA) is 103 Å².